The standard InChI is InChI=1S/C31H38ClN3O6S/c1-21(2)18-33-31(37)23(4)34(19-24-8-7-9-25(32)16-24)30(36)20-35(26-12-15-28(40-5)29(17-26)41-6)42(38,39)27-13-10-22(3)11-14-27/h7-17,21,23H,18-20H2,1-6H3,(H,33,37)/t23-/m0/s1. The summed E-state index contributed by atoms with van der Waals surface area (Å²) < 4.78 is 39.8. The third-order valence-electron chi connectivity index (χ3n) is 6.64. The molecule has 0 saturated heterocycles. The van der Waals surface area contributed by atoms with Crippen LogP contribution in [0.1, 0.15) is 31.9 Å². The van der Waals surface area contributed by atoms with Crippen LogP contribution in [0.25, 0.3) is 0 Å². The predicted molar refractivity (Wildman–Crippen MR) is 165 cm³/mol. The lowest BCUT2D eigenvalue weighted by molar-refractivity contribution is -0.139. The fourth-order valence-corrected chi connectivity index (χ4v) is 5.83. The van der Waals surface area contributed by atoms with Crippen LogP contribution in [0.4, 0.5) is 5.69 Å². The molecule has 0 fully saturated rings. The van der Waals surface area contributed by atoms with Gasteiger partial charge in [-0.15, -0.1) is 0 Å². The van der Waals surface area contributed by atoms with Crippen molar-refractivity contribution in [3.8, 4) is 11.5 Å². The summed E-state index contributed by atoms with van der Waals surface area (Å²) in [7, 11) is -1.31. The summed E-state index contributed by atoms with van der Waals surface area (Å²) in [6.07, 6.45) is 0. The van der Waals surface area contributed by atoms with Crippen molar-refractivity contribution in [3.63, 3.8) is 0 Å². The largest absolute Gasteiger partial charge is 0.493 e. The fraction of sp³-hybridized carbons (Fsp3) is 0.355. The van der Waals surface area contributed by atoms with Crippen LogP contribution >= 0.6 is 11.6 Å². The Balaban J connectivity index is 2.07. The molecular weight excluding hydrogens is 578 g/mol. The summed E-state index contributed by atoms with van der Waals surface area (Å²) >= 11 is 6.20. The van der Waals surface area contributed by atoms with Crippen molar-refractivity contribution in [3.05, 3.63) is 82.9 Å². The zero-order chi connectivity index (χ0) is 31.0. The second-order valence-corrected chi connectivity index (χ2v) is 12.6. The maximum atomic E-state index is 14.1. The number of carbonyl (C=O) groups excluding carboxylic acids is 2. The highest BCUT2D eigenvalue weighted by molar-refractivity contribution is 7.92. The van der Waals surface area contributed by atoms with Gasteiger partial charge in [-0.3, -0.25) is 13.9 Å². The Bertz CT molecular complexity index is 1490. The van der Waals surface area contributed by atoms with Crippen LogP contribution in [0.2, 0.25) is 5.02 Å². The number of hydrogen-bond acceptors (Lipinski definition) is 6. The highest BCUT2D eigenvalue weighted by atomic mass is 35.5. The molecule has 226 valence electrons. The summed E-state index contributed by atoms with van der Waals surface area (Å²) in [5.74, 6) is -0.0220. The number of hydrogen-bond donors (Lipinski definition) is 1. The van der Waals surface area contributed by atoms with Gasteiger partial charge in [-0.1, -0.05) is 55.3 Å². The Morgan fingerprint density at radius 3 is 2.19 bits per heavy atom. The van der Waals surface area contributed by atoms with Gasteiger partial charge >= 0.3 is 0 Å². The molecule has 0 aliphatic heterocycles. The van der Waals surface area contributed by atoms with Gasteiger partial charge < -0.3 is 19.7 Å². The van der Waals surface area contributed by atoms with Gasteiger partial charge in [0.2, 0.25) is 11.8 Å². The Kier molecular flexibility index (Phi) is 11.2. The summed E-state index contributed by atoms with van der Waals surface area (Å²) in [5, 5.41) is 3.34. The molecule has 0 saturated carbocycles. The van der Waals surface area contributed by atoms with Crippen molar-refractivity contribution < 1.29 is 27.5 Å². The number of anilines is 1. The molecule has 1 N–H and O–H groups in total. The third kappa shape index (κ3) is 8.17. The SMILES string of the molecule is COc1ccc(N(CC(=O)N(Cc2cccc(Cl)c2)[C@@H](C)C(=O)NCC(C)C)S(=O)(=O)c2ccc(C)cc2)cc1OC. The quantitative estimate of drug-likeness (QED) is 0.289. The van der Waals surface area contributed by atoms with Crippen LogP contribution in [0.3, 0.4) is 0 Å². The Labute approximate surface area is 253 Å². The molecule has 0 unspecified atom stereocenters. The number of nitrogens with zero attached hydrogens (tertiary/aromatic N) is 2. The minimum absolute atomic E-state index is 0.0137. The molecule has 9 nitrogen and oxygen atoms in total. The van der Waals surface area contributed by atoms with Gasteiger partial charge in [0.05, 0.1) is 24.8 Å². The third-order valence-corrected chi connectivity index (χ3v) is 8.66. The van der Waals surface area contributed by atoms with E-state index in [2.05, 4.69) is 5.32 Å². The van der Waals surface area contributed by atoms with E-state index in [1.54, 1.807) is 55.5 Å². The molecule has 0 spiro atoms. The molecule has 0 heterocycles. The van der Waals surface area contributed by atoms with Gasteiger partial charge in [0, 0.05) is 24.2 Å². The number of halogens is 1. The topological polar surface area (TPSA) is 105 Å². The first-order chi connectivity index (χ1) is 19.9. The van der Waals surface area contributed by atoms with Crippen LogP contribution in [0, 0.1) is 12.8 Å². The Morgan fingerprint density at radius 2 is 1.60 bits per heavy atom. The van der Waals surface area contributed by atoms with Crippen molar-refractivity contribution in [2.24, 2.45) is 5.92 Å². The van der Waals surface area contributed by atoms with Crippen LogP contribution in [-0.4, -0.2) is 58.5 Å². The van der Waals surface area contributed by atoms with Crippen molar-refractivity contribution in [1.82, 2.24) is 10.2 Å². The molecule has 0 aliphatic rings. The average Bonchev–Trinajstić information content (AvgIpc) is 2.96. The van der Waals surface area contributed by atoms with E-state index in [0.29, 0.717) is 28.6 Å². The minimum atomic E-state index is -4.22. The van der Waals surface area contributed by atoms with E-state index in [1.807, 2.05) is 20.8 Å². The van der Waals surface area contributed by atoms with Gasteiger partial charge in [0.15, 0.2) is 11.5 Å². The molecule has 0 radical (unpaired) electrons. The van der Waals surface area contributed by atoms with E-state index in [4.69, 9.17) is 21.1 Å². The lowest BCUT2D eigenvalue weighted by Crippen LogP contribution is -2.51. The zero-order valence-electron chi connectivity index (χ0n) is 24.8. The Morgan fingerprint density at radius 1 is 0.929 bits per heavy atom. The first-order valence-electron chi connectivity index (χ1n) is 13.5. The molecule has 3 aromatic rings. The summed E-state index contributed by atoms with van der Waals surface area (Å²) in [4.78, 5) is 28.6. The second-order valence-electron chi connectivity index (χ2n) is 10.3. The van der Waals surface area contributed by atoms with Crippen LogP contribution in [0.15, 0.2) is 71.6 Å². The first-order valence-corrected chi connectivity index (χ1v) is 15.3. The first kappa shape index (κ1) is 32.8. The van der Waals surface area contributed by atoms with Crippen LogP contribution in [0.5, 0.6) is 11.5 Å². The summed E-state index contributed by atoms with van der Waals surface area (Å²) in [6, 6.07) is 17.0. The fourth-order valence-electron chi connectivity index (χ4n) is 4.21. The molecule has 11 heteroatoms. The molecule has 3 aromatic carbocycles. The van der Waals surface area contributed by atoms with Crippen molar-refractivity contribution in [1.29, 1.82) is 0 Å². The van der Waals surface area contributed by atoms with E-state index in [1.165, 1.54) is 37.3 Å². The smallest absolute Gasteiger partial charge is 0.264 e. The lowest BCUT2D eigenvalue weighted by atomic mass is 10.1. The lowest BCUT2D eigenvalue weighted by Gasteiger charge is -2.32. The van der Waals surface area contributed by atoms with E-state index in [0.717, 1.165) is 9.87 Å². The molecule has 2 amide bonds. The second kappa shape index (κ2) is 14.4. The number of methoxy groups -OCH3 is 2. The Hall–Kier alpha value is -3.76. The number of aryl methyl sites for hydroxylation is 1. The molecular formula is C31H38ClN3O6S. The zero-order valence-corrected chi connectivity index (χ0v) is 26.3. The van der Waals surface area contributed by atoms with Crippen molar-refractivity contribution >= 4 is 39.1 Å². The molecule has 1 atom stereocenters. The number of amides is 2. The van der Waals surface area contributed by atoms with Crippen molar-refractivity contribution in [2.75, 3.05) is 31.6 Å². The monoisotopic (exact) mass is 615 g/mol. The normalized spacial score (nSPS) is 12.0. The summed E-state index contributed by atoms with van der Waals surface area (Å²) in [6.45, 7) is 7.31. The number of sulfonamides is 1. The maximum absolute atomic E-state index is 14.1. The van der Waals surface area contributed by atoms with E-state index >= 15 is 0 Å². The number of rotatable bonds is 13. The molecule has 0 bridgehead atoms. The highest BCUT2D eigenvalue weighted by Gasteiger charge is 2.33. The number of benzene rings is 3. The van der Waals surface area contributed by atoms with Crippen LogP contribution in [-0.2, 0) is 26.2 Å². The molecule has 42 heavy (non-hydrogen) atoms. The average molecular weight is 616 g/mol. The van der Waals surface area contributed by atoms with Gasteiger partial charge in [-0.05, 0) is 61.7 Å². The van der Waals surface area contributed by atoms with Gasteiger partial charge in [0.1, 0.15) is 12.6 Å². The number of carbonyl (C=O) groups is 2. The molecule has 0 aromatic heterocycles. The predicted octanol–water partition coefficient (Wildman–Crippen LogP) is 5.05. The number of nitrogens with one attached hydrogen (secondary N) is 1. The molecule has 3 rings (SSSR count). The van der Waals surface area contributed by atoms with E-state index in [-0.39, 0.29) is 29.0 Å². The van der Waals surface area contributed by atoms with Crippen molar-refractivity contribution in [2.45, 2.75) is 45.2 Å². The van der Waals surface area contributed by atoms with Gasteiger partial charge in [0.25, 0.3) is 10.0 Å². The van der Waals surface area contributed by atoms with E-state index < -0.39 is 28.5 Å². The number of ether oxygens (including phenoxy) is 2. The summed E-state index contributed by atoms with van der Waals surface area (Å²) in [5.41, 5.74) is 1.77. The molecule has 0 aliphatic carbocycles. The van der Waals surface area contributed by atoms with Gasteiger partial charge in [-0.25, -0.2) is 8.42 Å². The van der Waals surface area contributed by atoms with Gasteiger partial charge in [-0.2, -0.15) is 0 Å². The highest BCUT2D eigenvalue weighted by Crippen LogP contribution is 2.34. The van der Waals surface area contributed by atoms with Crippen LogP contribution < -0.4 is 19.1 Å². The minimum Gasteiger partial charge on any atom is -0.493 e. The maximum Gasteiger partial charge on any atom is 0.264 e. The van der Waals surface area contributed by atoms with E-state index in [9.17, 15) is 18.0 Å².